The minimum atomic E-state index is -0.357. The largest absolute Gasteiger partial charge is 0.343 e. The monoisotopic (exact) mass is 359 g/mol. The van der Waals surface area contributed by atoms with Crippen LogP contribution in [0, 0.1) is 11.3 Å². The predicted octanol–water partition coefficient (Wildman–Crippen LogP) is 3.89. The van der Waals surface area contributed by atoms with E-state index in [2.05, 4.69) is 16.0 Å². The first-order valence-corrected chi connectivity index (χ1v) is 8.77. The average Bonchev–Trinajstić information content (AvgIpc) is 3.19. The lowest BCUT2D eigenvalue weighted by molar-refractivity contribution is -0.115. The Kier molecular flexibility index (Phi) is 4.07. The molecular weight excluding hydrogens is 346 g/mol. The first kappa shape index (κ1) is 16.2. The van der Waals surface area contributed by atoms with Crippen molar-refractivity contribution in [2.75, 3.05) is 0 Å². The fourth-order valence-electron chi connectivity index (χ4n) is 3.01. The van der Waals surface area contributed by atoms with Crippen molar-refractivity contribution >= 4 is 39.9 Å². The van der Waals surface area contributed by atoms with Crippen LogP contribution < -0.4 is 5.32 Å². The number of nitrogens with zero attached hydrogens (tertiary/aromatic N) is 2. The van der Waals surface area contributed by atoms with Crippen LogP contribution >= 0.6 is 11.8 Å². The zero-order valence-corrected chi connectivity index (χ0v) is 14.4. The van der Waals surface area contributed by atoms with Gasteiger partial charge in [-0.15, -0.1) is 0 Å². The third kappa shape index (κ3) is 3.01. The number of aromatic nitrogens is 1. The maximum Gasteiger partial charge on any atom is 0.290 e. The van der Waals surface area contributed by atoms with E-state index in [0.717, 1.165) is 33.8 Å². The van der Waals surface area contributed by atoms with E-state index in [4.69, 9.17) is 5.26 Å². The molecule has 1 saturated heterocycles. The molecule has 2 amide bonds. The highest BCUT2D eigenvalue weighted by Crippen LogP contribution is 2.29. The third-order valence-corrected chi connectivity index (χ3v) is 5.00. The van der Waals surface area contributed by atoms with Gasteiger partial charge < -0.3 is 4.57 Å². The van der Waals surface area contributed by atoms with Crippen molar-refractivity contribution in [2.45, 2.75) is 6.54 Å². The number of carbonyl (C=O) groups is 2. The molecule has 1 aliphatic rings. The number of fused-ring (bicyclic) bond motifs is 1. The molecule has 4 rings (SSSR count). The Morgan fingerprint density at radius 3 is 2.77 bits per heavy atom. The Morgan fingerprint density at radius 1 is 1.15 bits per heavy atom. The highest BCUT2D eigenvalue weighted by atomic mass is 32.2. The second kappa shape index (κ2) is 6.54. The van der Waals surface area contributed by atoms with Crippen LogP contribution in [-0.4, -0.2) is 15.7 Å². The maximum atomic E-state index is 11.8. The number of imide groups is 1. The van der Waals surface area contributed by atoms with Gasteiger partial charge in [-0.3, -0.25) is 14.9 Å². The molecule has 0 atom stereocenters. The second-order valence-corrected chi connectivity index (χ2v) is 6.90. The number of hydrogen-bond donors (Lipinski definition) is 1. The van der Waals surface area contributed by atoms with Crippen LogP contribution in [0.25, 0.3) is 17.0 Å². The van der Waals surface area contributed by atoms with Crippen LogP contribution in [0.1, 0.15) is 16.7 Å². The van der Waals surface area contributed by atoms with Crippen LogP contribution in [-0.2, 0) is 11.3 Å². The number of nitriles is 1. The molecule has 1 aliphatic heterocycles. The molecular formula is C20H13N3O2S. The molecule has 26 heavy (non-hydrogen) atoms. The molecule has 0 unspecified atom stereocenters. The Morgan fingerprint density at radius 2 is 2.00 bits per heavy atom. The van der Waals surface area contributed by atoms with Gasteiger partial charge in [0.15, 0.2) is 0 Å². The molecule has 2 heterocycles. The lowest BCUT2D eigenvalue weighted by Crippen LogP contribution is -2.17. The standard InChI is InChI=1S/C20H13N3O2S/c21-11-13-3-1-4-14(9-13)12-23-8-7-16-15(5-2-6-17(16)23)10-18-19(24)22-20(25)26-18/h1-10H,12H2,(H,22,24,25). The minimum Gasteiger partial charge on any atom is -0.343 e. The molecule has 0 radical (unpaired) electrons. The Balaban J connectivity index is 1.71. The quantitative estimate of drug-likeness (QED) is 0.720. The maximum absolute atomic E-state index is 11.8. The Labute approximate surface area is 153 Å². The van der Waals surface area contributed by atoms with E-state index in [1.54, 1.807) is 12.1 Å². The van der Waals surface area contributed by atoms with E-state index in [9.17, 15) is 9.59 Å². The minimum absolute atomic E-state index is 0.344. The molecule has 0 bridgehead atoms. The Hall–Kier alpha value is -3.30. The van der Waals surface area contributed by atoms with Crippen molar-refractivity contribution in [1.29, 1.82) is 5.26 Å². The van der Waals surface area contributed by atoms with Gasteiger partial charge in [0.2, 0.25) is 0 Å². The number of benzene rings is 2. The van der Waals surface area contributed by atoms with Crippen molar-refractivity contribution in [3.8, 4) is 6.07 Å². The van der Waals surface area contributed by atoms with Gasteiger partial charge in [0.1, 0.15) is 0 Å². The summed E-state index contributed by atoms with van der Waals surface area (Å²) in [4.78, 5) is 23.5. The van der Waals surface area contributed by atoms with E-state index < -0.39 is 0 Å². The molecule has 3 aromatic rings. The number of carbonyl (C=O) groups excluding carboxylic acids is 2. The number of rotatable bonds is 3. The van der Waals surface area contributed by atoms with Gasteiger partial charge in [0, 0.05) is 23.6 Å². The Bertz CT molecular complexity index is 1120. The molecule has 1 aromatic heterocycles. The van der Waals surface area contributed by atoms with Crippen molar-refractivity contribution in [2.24, 2.45) is 0 Å². The molecule has 126 valence electrons. The second-order valence-electron chi connectivity index (χ2n) is 5.89. The summed E-state index contributed by atoms with van der Waals surface area (Å²) in [5.74, 6) is -0.357. The van der Waals surface area contributed by atoms with Crippen LogP contribution in [0.15, 0.2) is 59.6 Å². The van der Waals surface area contributed by atoms with Crippen LogP contribution in [0.5, 0.6) is 0 Å². The predicted molar refractivity (Wildman–Crippen MR) is 101 cm³/mol. The number of hydrogen-bond acceptors (Lipinski definition) is 4. The molecule has 5 nitrogen and oxygen atoms in total. The fourth-order valence-corrected chi connectivity index (χ4v) is 3.68. The lowest BCUT2D eigenvalue weighted by atomic mass is 10.1. The normalized spacial score (nSPS) is 15.4. The summed E-state index contributed by atoms with van der Waals surface area (Å²) in [5.41, 5.74) is 3.59. The summed E-state index contributed by atoms with van der Waals surface area (Å²) in [5, 5.41) is 12.0. The number of nitrogens with one attached hydrogen (secondary N) is 1. The fraction of sp³-hybridized carbons (Fsp3) is 0.0500. The van der Waals surface area contributed by atoms with E-state index in [1.807, 2.05) is 48.7 Å². The van der Waals surface area contributed by atoms with Gasteiger partial charge in [-0.1, -0.05) is 24.3 Å². The molecule has 1 fully saturated rings. The van der Waals surface area contributed by atoms with Gasteiger partial charge in [-0.2, -0.15) is 5.26 Å². The first-order chi connectivity index (χ1) is 12.6. The van der Waals surface area contributed by atoms with Crippen molar-refractivity contribution in [3.63, 3.8) is 0 Å². The summed E-state index contributed by atoms with van der Waals surface area (Å²) >= 11 is 0.915. The van der Waals surface area contributed by atoms with E-state index in [0.29, 0.717) is 17.0 Å². The molecule has 0 saturated carbocycles. The van der Waals surface area contributed by atoms with Crippen LogP contribution in [0.4, 0.5) is 4.79 Å². The van der Waals surface area contributed by atoms with E-state index >= 15 is 0 Å². The summed E-state index contributed by atoms with van der Waals surface area (Å²) in [6.45, 7) is 0.646. The average molecular weight is 359 g/mol. The summed E-state index contributed by atoms with van der Waals surface area (Å²) in [7, 11) is 0. The third-order valence-electron chi connectivity index (χ3n) is 4.19. The molecule has 0 aliphatic carbocycles. The zero-order valence-electron chi connectivity index (χ0n) is 13.6. The van der Waals surface area contributed by atoms with Crippen molar-refractivity contribution in [3.05, 3.63) is 76.3 Å². The van der Waals surface area contributed by atoms with Crippen LogP contribution in [0.3, 0.4) is 0 Å². The van der Waals surface area contributed by atoms with E-state index in [-0.39, 0.29) is 11.1 Å². The van der Waals surface area contributed by atoms with Crippen molar-refractivity contribution in [1.82, 2.24) is 9.88 Å². The summed E-state index contributed by atoms with van der Waals surface area (Å²) < 4.78 is 2.10. The molecule has 0 spiro atoms. The van der Waals surface area contributed by atoms with Crippen molar-refractivity contribution < 1.29 is 9.59 Å². The van der Waals surface area contributed by atoms with Gasteiger partial charge >= 0.3 is 0 Å². The smallest absolute Gasteiger partial charge is 0.290 e. The van der Waals surface area contributed by atoms with Gasteiger partial charge in [0.25, 0.3) is 11.1 Å². The summed E-state index contributed by atoms with van der Waals surface area (Å²) in [6.07, 6.45) is 3.73. The van der Waals surface area contributed by atoms with Gasteiger partial charge in [-0.05, 0) is 53.2 Å². The van der Waals surface area contributed by atoms with Gasteiger partial charge in [-0.25, -0.2) is 0 Å². The molecule has 1 N–H and O–H groups in total. The SMILES string of the molecule is N#Cc1cccc(Cn2ccc3c(C=C4SC(=O)NC4=O)cccc32)c1. The zero-order chi connectivity index (χ0) is 18.1. The first-order valence-electron chi connectivity index (χ1n) is 7.96. The number of thioether (sulfide) groups is 1. The van der Waals surface area contributed by atoms with Crippen LogP contribution in [0.2, 0.25) is 0 Å². The van der Waals surface area contributed by atoms with Gasteiger partial charge in [0.05, 0.1) is 16.5 Å². The highest BCUT2D eigenvalue weighted by Gasteiger charge is 2.25. The lowest BCUT2D eigenvalue weighted by Gasteiger charge is -2.07. The summed E-state index contributed by atoms with van der Waals surface area (Å²) in [6, 6.07) is 17.5. The highest BCUT2D eigenvalue weighted by molar-refractivity contribution is 8.18. The molecule has 6 heteroatoms. The van der Waals surface area contributed by atoms with E-state index in [1.165, 1.54) is 0 Å². The topological polar surface area (TPSA) is 74.9 Å². The molecule has 2 aromatic carbocycles. The number of amides is 2.